The Morgan fingerprint density at radius 3 is 2.53 bits per heavy atom. The molecule has 1 aromatic carbocycles. The molecule has 0 spiro atoms. The fourth-order valence-electron chi connectivity index (χ4n) is 1.80. The number of benzene rings is 1. The topological polar surface area (TPSA) is 12.0 Å². The Hall–Kier alpha value is -0.620. The van der Waals surface area contributed by atoms with Crippen LogP contribution >= 0.6 is 15.9 Å². The van der Waals surface area contributed by atoms with Gasteiger partial charge in [0.1, 0.15) is 5.82 Å². The van der Waals surface area contributed by atoms with Crippen LogP contribution in [0.2, 0.25) is 0 Å². The first-order chi connectivity index (χ1) is 8.81. The highest BCUT2D eigenvalue weighted by Gasteiger charge is 2.31. The smallest absolute Gasteiger partial charge is 0.313 e. The van der Waals surface area contributed by atoms with Gasteiger partial charge in [-0.1, -0.05) is 28.9 Å². The molecule has 0 amide bonds. The maximum Gasteiger partial charge on any atom is 0.390 e. The van der Waals surface area contributed by atoms with E-state index in [-0.39, 0.29) is 6.42 Å². The Morgan fingerprint density at radius 2 is 2.00 bits per heavy atom. The third kappa shape index (κ3) is 6.38. The van der Waals surface area contributed by atoms with Gasteiger partial charge >= 0.3 is 6.18 Å². The molecule has 0 aliphatic heterocycles. The van der Waals surface area contributed by atoms with Gasteiger partial charge in [-0.15, -0.1) is 0 Å². The van der Waals surface area contributed by atoms with E-state index < -0.39 is 24.5 Å². The summed E-state index contributed by atoms with van der Waals surface area (Å²) in [5.41, 5.74) is 0.293. The molecule has 19 heavy (non-hydrogen) atoms. The summed E-state index contributed by atoms with van der Waals surface area (Å²) in [5, 5.41) is 2.82. The standard InChI is InChI=1S/C13H16BrF4N/c1-2-5-19-11(8-13(16,17)18)6-9-3-4-10(14)7-12(9)15/h3-4,7,11,19H,2,5-6,8H2,1H3. The van der Waals surface area contributed by atoms with Crippen LogP contribution in [0.4, 0.5) is 17.6 Å². The molecule has 0 aliphatic carbocycles. The van der Waals surface area contributed by atoms with E-state index in [0.717, 1.165) is 6.42 Å². The molecule has 1 rings (SSSR count). The molecule has 0 saturated carbocycles. The van der Waals surface area contributed by atoms with E-state index in [2.05, 4.69) is 21.2 Å². The van der Waals surface area contributed by atoms with Crippen molar-refractivity contribution >= 4 is 15.9 Å². The summed E-state index contributed by atoms with van der Waals surface area (Å²) < 4.78 is 51.6. The van der Waals surface area contributed by atoms with E-state index in [4.69, 9.17) is 0 Å². The third-order valence-corrected chi connectivity index (χ3v) is 3.14. The number of halogens is 5. The summed E-state index contributed by atoms with van der Waals surface area (Å²) in [6, 6.07) is 3.61. The molecular formula is C13H16BrF4N. The van der Waals surface area contributed by atoms with Gasteiger partial charge in [-0.3, -0.25) is 0 Å². The first-order valence-corrected chi connectivity index (χ1v) is 6.85. The lowest BCUT2D eigenvalue weighted by Gasteiger charge is -2.20. The van der Waals surface area contributed by atoms with Crippen molar-refractivity contribution < 1.29 is 17.6 Å². The molecule has 0 saturated heterocycles. The largest absolute Gasteiger partial charge is 0.390 e. The van der Waals surface area contributed by atoms with E-state index in [1.807, 2.05) is 6.92 Å². The first-order valence-electron chi connectivity index (χ1n) is 6.06. The lowest BCUT2D eigenvalue weighted by atomic mass is 10.0. The van der Waals surface area contributed by atoms with Crippen molar-refractivity contribution in [3.8, 4) is 0 Å². The Labute approximate surface area is 118 Å². The van der Waals surface area contributed by atoms with Gasteiger partial charge in [0.25, 0.3) is 0 Å². The molecule has 1 nitrogen and oxygen atoms in total. The van der Waals surface area contributed by atoms with Gasteiger partial charge in [0, 0.05) is 10.5 Å². The van der Waals surface area contributed by atoms with Crippen LogP contribution in [0.3, 0.4) is 0 Å². The van der Waals surface area contributed by atoms with Crippen molar-refractivity contribution in [1.29, 1.82) is 0 Å². The minimum atomic E-state index is -4.25. The van der Waals surface area contributed by atoms with E-state index in [9.17, 15) is 17.6 Å². The van der Waals surface area contributed by atoms with Gasteiger partial charge in [0.2, 0.25) is 0 Å². The van der Waals surface area contributed by atoms with Crippen LogP contribution < -0.4 is 5.32 Å². The van der Waals surface area contributed by atoms with Gasteiger partial charge in [0.05, 0.1) is 6.42 Å². The molecule has 6 heteroatoms. The number of alkyl halides is 3. The Morgan fingerprint density at radius 1 is 1.32 bits per heavy atom. The van der Waals surface area contributed by atoms with Crippen molar-refractivity contribution in [3.05, 3.63) is 34.1 Å². The average Bonchev–Trinajstić information content (AvgIpc) is 2.27. The van der Waals surface area contributed by atoms with Crippen molar-refractivity contribution in [2.75, 3.05) is 6.54 Å². The maximum absolute atomic E-state index is 13.6. The minimum absolute atomic E-state index is 0.0264. The molecule has 1 aromatic rings. The van der Waals surface area contributed by atoms with Crippen molar-refractivity contribution in [3.63, 3.8) is 0 Å². The zero-order valence-electron chi connectivity index (χ0n) is 10.5. The molecule has 0 aliphatic rings. The SMILES string of the molecule is CCCNC(Cc1ccc(Br)cc1F)CC(F)(F)F. The highest BCUT2D eigenvalue weighted by molar-refractivity contribution is 9.10. The van der Waals surface area contributed by atoms with Crippen LogP contribution in [0.15, 0.2) is 22.7 Å². The monoisotopic (exact) mass is 341 g/mol. The zero-order chi connectivity index (χ0) is 14.5. The van der Waals surface area contributed by atoms with Crippen molar-refractivity contribution in [2.45, 2.75) is 38.4 Å². The van der Waals surface area contributed by atoms with E-state index >= 15 is 0 Å². The minimum Gasteiger partial charge on any atom is -0.313 e. The molecule has 0 heterocycles. The normalized spacial score (nSPS) is 13.6. The highest BCUT2D eigenvalue weighted by Crippen LogP contribution is 2.24. The van der Waals surface area contributed by atoms with Crippen LogP contribution in [-0.4, -0.2) is 18.8 Å². The predicted octanol–water partition coefficient (Wildman–Crippen LogP) is 4.45. The average molecular weight is 342 g/mol. The molecule has 0 aromatic heterocycles. The molecule has 1 unspecified atom stereocenters. The van der Waals surface area contributed by atoms with Crippen LogP contribution in [0.25, 0.3) is 0 Å². The zero-order valence-corrected chi connectivity index (χ0v) is 12.1. The second-order valence-corrected chi connectivity index (χ2v) is 5.33. The summed E-state index contributed by atoms with van der Waals surface area (Å²) >= 11 is 3.12. The number of nitrogens with one attached hydrogen (secondary N) is 1. The molecular weight excluding hydrogens is 326 g/mol. The molecule has 1 atom stereocenters. The highest BCUT2D eigenvalue weighted by atomic mass is 79.9. The predicted molar refractivity (Wildman–Crippen MR) is 70.6 cm³/mol. The summed E-state index contributed by atoms with van der Waals surface area (Å²) in [6.45, 7) is 2.36. The molecule has 108 valence electrons. The van der Waals surface area contributed by atoms with Crippen LogP contribution in [-0.2, 0) is 6.42 Å². The van der Waals surface area contributed by atoms with Gasteiger partial charge in [-0.05, 0) is 37.1 Å². The fourth-order valence-corrected chi connectivity index (χ4v) is 2.13. The fraction of sp³-hybridized carbons (Fsp3) is 0.538. The van der Waals surface area contributed by atoms with Gasteiger partial charge in [0.15, 0.2) is 0 Å². The van der Waals surface area contributed by atoms with Gasteiger partial charge < -0.3 is 5.32 Å². The van der Waals surface area contributed by atoms with Crippen LogP contribution in [0, 0.1) is 5.82 Å². The Balaban J connectivity index is 2.75. The summed E-state index contributed by atoms with van der Waals surface area (Å²) in [6.07, 6.45) is -4.45. The van der Waals surface area contributed by atoms with Crippen LogP contribution in [0.5, 0.6) is 0 Å². The Kier molecular flexibility index (Phi) is 6.26. The summed E-state index contributed by atoms with van der Waals surface area (Å²) in [4.78, 5) is 0. The van der Waals surface area contributed by atoms with Crippen molar-refractivity contribution in [1.82, 2.24) is 5.32 Å². The number of hydrogen-bond acceptors (Lipinski definition) is 1. The summed E-state index contributed by atoms with van der Waals surface area (Å²) in [7, 11) is 0. The Bertz CT molecular complexity index is 406. The van der Waals surface area contributed by atoms with Gasteiger partial charge in [-0.25, -0.2) is 4.39 Å². The lowest BCUT2D eigenvalue weighted by Crippen LogP contribution is -2.36. The van der Waals surface area contributed by atoms with Crippen LogP contribution in [0.1, 0.15) is 25.3 Å². The van der Waals surface area contributed by atoms with E-state index in [1.54, 1.807) is 6.07 Å². The van der Waals surface area contributed by atoms with E-state index in [0.29, 0.717) is 16.6 Å². The third-order valence-electron chi connectivity index (χ3n) is 2.64. The lowest BCUT2D eigenvalue weighted by molar-refractivity contribution is -0.139. The summed E-state index contributed by atoms with van der Waals surface area (Å²) in [5.74, 6) is -0.486. The van der Waals surface area contributed by atoms with E-state index in [1.165, 1.54) is 12.1 Å². The molecule has 1 N–H and O–H groups in total. The second kappa shape index (κ2) is 7.24. The number of hydrogen-bond donors (Lipinski definition) is 1. The first kappa shape index (κ1) is 16.4. The maximum atomic E-state index is 13.6. The van der Waals surface area contributed by atoms with Gasteiger partial charge in [-0.2, -0.15) is 13.2 Å². The number of rotatable bonds is 6. The quantitative estimate of drug-likeness (QED) is 0.753. The second-order valence-electron chi connectivity index (χ2n) is 4.41. The molecule has 0 radical (unpaired) electrons. The van der Waals surface area contributed by atoms with Crippen molar-refractivity contribution in [2.24, 2.45) is 0 Å². The molecule has 0 bridgehead atoms. The molecule has 0 fully saturated rings.